The molecule has 1 fully saturated rings. The lowest BCUT2D eigenvalue weighted by Crippen LogP contribution is -2.46. The van der Waals surface area contributed by atoms with Crippen molar-refractivity contribution in [2.24, 2.45) is 4.99 Å². The highest BCUT2D eigenvalue weighted by Crippen LogP contribution is 2.21. The van der Waals surface area contributed by atoms with Crippen LogP contribution in [0, 0.1) is 17.5 Å². The lowest BCUT2D eigenvalue weighted by atomic mass is 10.0. The van der Waals surface area contributed by atoms with E-state index in [1.54, 1.807) is 19.2 Å². The molecule has 0 radical (unpaired) electrons. The fourth-order valence-corrected chi connectivity index (χ4v) is 3.37. The third kappa shape index (κ3) is 7.82. The molecular formula is C22H28F3IN4O2. The number of halogens is 4. The van der Waals surface area contributed by atoms with Gasteiger partial charge >= 0.3 is 0 Å². The SMILES string of the molecule is CN=C(NCCOc1ccc(F)cc1F)NCC(c1ccc(F)cc1)N1CCOCC1.I. The van der Waals surface area contributed by atoms with E-state index >= 15 is 0 Å². The Bertz CT molecular complexity index is 865. The van der Waals surface area contributed by atoms with Crippen molar-refractivity contribution in [3.8, 4) is 5.75 Å². The van der Waals surface area contributed by atoms with Crippen LogP contribution in [-0.2, 0) is 4.74 Å². The molecule has 1 saturated heterocycles. The van der Waals surface area contributed by atoms with Crippen LogP contribution in [0.2, 0.25) is 0 Å². The van der Waals surface area contributed by atoms with Crippen molar-refractivity contribution in [3.05, 3.63) is 65.5 Å². The second-order valence-corrected chi connectivity index (χ2v) is 7.02. The lowest BCUT2D eigenvalue weighted by molar-refractivity contribution is 0.0170. The molecular weight excluding hydrogens is 536 g/mol. The number of aliphatic imine (C=N–C) groups is 1. The minimum Gasteiger partial charge on any atom is -0.489 e. The monoisotopic (exact) mass is 564 g/mol. The van der Waals surface area contributed by atoms with Crippen LogP contribution in [-0.4, -0.2) is 63.9 Å². The topological polar surface area (TPSA) is 58.1 Å². The average Bonchev–Trinajstić information content (AvgIpc) is 2.78. The minimum absolute atomic E-state index is 0. The van der Waals surface area contributed by atoms with Crippen molar-refractivity contribution in [3.63, 3.8) is 0 Å². The molecule has 1 aliphatic rings. The van der Waals surface area contributed by atoms with E-state index in [1.165, 1.54) is 18.2 Å². The Morgan fingerprint density at radius 1 is 1.06 bits per heavy atom. The highest BCUT2D eigenvalue weighted by Gasteiger charge is 2.23. The molecule has 1 aliphatic heterocycles. The summed E-state index contributed by atoms with van der Waals surface area (Å²) in [6, 6.07) is 9.71. The maximum absolute atomic E-state index is 13.6. The molecule has 1 unspecified atom stereocenters. The van der Waals surface area contributed by atoms with Gasteiger partial charge in [0.15, 0.2) is 17.5 Å². The molecule has 2 N–H and O–H groups in total. The van der Waals surface area contributed by atoms with Crippen LogP contribution in [0.5, 0.6) is 5.75 Å². The summed E-state index contributed by atoms with van der Waals surface area (Å²) in [5.74, 6) is -1.11. The van der Waals surface area contributed by atoms with Gasteiger partial charge in [0.25, 0.3) is 0 Å². The van der Waals surface area contributed by atoms with Crippen molar-refractivity contribution in [2.75, 3.05) is 53.0 Å². The van der Waals surface area contributed by atoms with E-state index in [4.69, 9.17) is 9.47 Å². The van der Waals surface area contributed by atoms with Gasteiger partial charge in [-0.15, -0.1) is 24.0 Å². The first-order valence-electron chi connectivity index (χ1n) is 10.2. The minimum atomic E-state index is -0.741. The molecule has 0 amide bonds. The fourth-order valence-electron chi connectivity index (χ4n) is 3.37. The van der Waals surface area contributed by atoms with Gasteiger partial charge in [-0.2, -0.15) is 0 Å². The summed E-state index contributed by atoms with van der Waals surface area (Å²) in [6.07, 6.45) is 0. The van der Waals surface area contributed by atoms with Gasteiger partial charge in [-0.25, -0.2) is 13.2 Å². The van der Waals surface area contributed by atoms with Crippen molar-refractivity contribution in [1.82, 2.24) is 15.5 Å². The van der Waals surface area contributed by atoms with E-state index < -0.39 is 11.6 Å². The standard InChI is InChI=1S/C22H27F3N4O2.HI/c1-26-22(27-8-11-31-21-7-6-18(24)14-19(21)25)28-15-20(29-9-12-30-13-10-29)16-2-4-17(23)5-3-16;/h2-7,14,20H,8-13,15H2,1H3,(H2,26,27,28);1H. The zero-order valence-electron chi connectivity index (χ0n) is 17.8. The summed E-state index contributed by atoms with van der Waals surface area (Å²) in [5.41, 5.74) is 1.00. The first-order valence-corrected chi connectivity index (χ1v) is 10.2. The number of nitrogens with one attached hydrogen (secondary N) is 2. The normalized spacial score (nSPS) is 15.6. The van der Waals surface area contributed by atoms with Gasteiger partial charge in [0.1, 0.15) is 18.2 Å². The Kier molecular flexibility index (Phi) is 11.0. The second kappa shape index (κ2) is 13.5. The summed E-state index contributed by atoms with van der Waals surface area (Å²) in [7, 11) is 1.65. The third-order valence-electron chi connectivity index (χ3n) is 4.97. The van der Waals surface area contributed by atoms with Crippen molar-refractivity contribution >= 4 is 29.9 Å². The number of rotatable bonds is 8. The van der Waals surface area contributed by atoms with Gasteiger partial charge in [0.05, 0.1) is 25.8 Å². The first kappa shape index (κ1) is 26.2. The molecule has 0 aliphatic carbocycles. The van der Waals surface area contributed by atoms with Gasteiger partial charge < -0.3 is 20.1 Å². The number of ether oxygens (including phenoxy) is 2. The molecule has 0 aromatic heterocycles. The van der Waals surface area contributed by atoms with Crippen LogP contribution in [0.1, 0.15) is 11.6 Å². The second-order valence-electron chi connectivity index (χ2n) is 7.02. The number of nitrogens with zero attached hydrogens (tertiary/aromatic N) is 2. The molecule has 2 aromatic rings. The van der Waals surface area contributed by atoms with Crippen molar-refractivity contribution in [2.45, 2.75) is 6.04 Å². The van der Waals surface area contributed by atoms with Gasteiger partial charge in [0, 0.05) is 32.7 Å². The van der Waals surface area contributed by atoms with Crippen LogP contribution < -0.4 is 15.4 Å². The maximum atomic E-state index is 13.6. The maximum Gasteiger partial charge on any atom is 0.191 e. The molecule has 10 heteroatoms. The molecule has 3 rings (SSSR count). The Morgan fingerprint density at radius 2 is 1.75 bits per heavy atom. The molecule has 2 aromatic carbocycles. The van der Waals surface area contributed by atoms with Crippen LogP contribution in [0.15, 0.2) is 47.5 Å². The van der Waals surface area contributed by atoms with Crippen LogP contribution in [0.4, 0.5) is 13.2 Å². The number of guanidine groups is 1. The zero-order chi connectivity index (χ0) is 22.1. The predicted molar refractivity (Wildman–Crippen MR) is 128 cm³/mol. The predicted octanol–water partition coefficient (Wildman–Crippen LogP) is 3.34. The van der Waals surface area contributed by atoms with E-state index in [0.29, 0.717) is 32.3 Å². The summed E-state index contributed by atoms with van der Waals surface area (Å²) in [4.78, 5) is 6.49. The molecule has 32 heavy (non-hydrogen) atoms. The van der Waals surface area contributed by atoms with Gasteiger partial charge in [-0.05, 0) is 29.8 Å². The smallest absolute Gasteiger partial charge is 0.191 e. The highest BCUT2D eigenvalue weighted by atomic mass is 127. The number of benzene rings is 2. The number of morpholine rings is 1. The van der Waals surface area contributed by atoms with E-state index in [1.807, 2.05) is 0 Å². The van der Waals surface area contributed by atoms with Crippen molar-refractivity contribution < 1.29 is 22.6 Å². The van der Waals surface area contributed by atoms with Crippen molar-refractivity contribution in [1.29, 1.82) is 0 Å². The summed E-state index contributed by atoms with van der Waals surface area (Å²) < 4.78 is 50.7. The van der Waals surface area contributed by atoms with Crippen LogP contribution >= 0.6 is 24.0 Å². The molecule has 6 nitrogen and oxygen atoms in total. The van der Waals surface area contributed by atoms with Crippen LogP contribution in [0.25, 0.3) is 0 Å². The van der Waals surface area contributed by atoms with E-state index in [9.17, 15) is 13.2 Å². The highest BCUT2D eigenvalue weighted by molar-refractivity contribution is 14.0. The molecule has 0 spiro atoms. The average molecular weight is 564 g/mol. The molecule has 176 valence electrons. The van der Waals surface area contributed by atoms with Gasteiger partial charge in [-0.1, -0.05) is 12.1 Å². The summed E-state index contributed by atoms with van der Waals surface area (Å²) in [5, 5.41) is 6.38. The Labute approximate surface area is 203 Å². The Morgan fingerprint density at radius 3 is 2.41 bits per heavy atom. The fraction of sp³-hybridized carbons (Fsp3) is 0.409. The lowest BCUT2D eigenvalue weighted by Gasteiger charge is -2.35. The molecule has 1 heterocycles. The summed E-state index contributed by atoms with van der Waals surface area (Å²) in [6.45, 7) is 3.98. The molecule has 1 atom stereocenters. The molecule has 0 bridgehead atoms. The first-order chi connectivity index (χ1) is 15.1. The molecule has 0 saturated carbocycles. The van der Waals surface area contributed by atoms with Gasteiger partial charge in [0.2, 0.25) is 0 Å². The number of hydrogen-bond donors (Lipinski definition) is 2. The van der Waals surface area contributed by atoms with E-state index in [2.05, 4.69) is 20.5 Å². The van der Waals surface area contributed by atoms with E-state index in [-0.39, 0.29) is 48.2 Å². The van der Waals surface area contributed by atoms with Crippen LogP contribution in [0.3, 0.4) is 0 Å². The summed E-state index contributed by atoms with van der Waals surface area (Å²) >= 11 is 0. The zero-order valence-corrected chi connectivity index (χ0v) is 20.2. The Hall–Kier alpha value is -2.05. The third-order valence-corrected chi connectivity index (χ3v) is 4.97. The van der Waals surface area contributed by atoms with Gasteiger partial charge in [-0.3, -0.25) is 9.89 Å². The largest absolute Gasteiger partial charge is 0.489 e. The Balaban J connectivity index is 0.00000363. The van der Waals surface area contributed by atoms with E-state index in [0.717, 1.165) is 30.8 Å². The quantitative estimate of drug-likeness (QED) is 0.223. The number of hydrogen-bond acceptors (Lipinski definition) is 4.